The van der Waals surface area contributed by atoms with E-state index in [-0.39, 0.29) is 18.1 Å². The van der Waals surface area contributed by atoms with Crippen molar-refractivity contribution in [2.45, 2.75) is 25.9 Å². The van der Waals surface area contributed by atoms with E-state index in [4.69, 9.17) is 5.73 Å². The number of nitrogen functional groups attached to an aromatic ring is 1. The molecule has 0 atom stereocenters. The number of carbonyl (C=O) groups excluding carboxylic acids is 1. The standard InChI is InChI=1S/C12H18F3N3OS/c1-3-5-17-11(19)10-8(16)7-9(20-10)18(2)6-4-12(13,14)15/h7H,3-6,16H2,1-2H3,(H,17,19). The molecule has 0 saturated carbocycles. The lowest BCUT2D eigenvalue weighted by Crippen LogP contribution is -2.24. The van der Waals surface area contributed by atoms with Crippen molar-refractivity contribution in [3.63, 3.8) is 0 Å². The van der Waals surface area contributed by atoms with Crippen molar-refractivity contribution < 1.29 is 18.0 Å². The third-order valence-corrected chi connectivity index (χ3v) is 3.86. The van der Waals surface area contributed by atoms with E-state index < -0.39 is 12.6 Å². The van der Waals surface area contributed by atoms with Crippen LogP contribution in [0, 0.1) is 0 Å². The Hall–Kier alpha value is -1.44. The van der Waals surface area contributed by atoms with Gasteiger partial charge in [-0.15, -0.1) is 11.3 Å². The van der Waals surface area contributed by atoms with Crippen LogP contribution in [0.3, 0.4) is 0 Å². The molecule has 1 heterocycles. The molecule has 1 aromatic heterocycles. The molecule has 0 fully saturated rings. The van der Waals surface area contributed by atoms with E-state index in [0.29, 0.717) is 16.4 Å². The third-order valence-electron chi connectivity index (χ3n) is 2.60. The molecule has 0 aliphatic rings. The third kappa shape index (κ3) is 4.92. The summed E-state index contributed by atoms with van der Waals surface area (Å²) in [7, 11) is 1.55. The Morgan fingerprint density at radius 2 is 2.15 bits per heavy atom. The predicted molar refractivity (Wildman–Crippen MR) is 75.3 cm³/mol. The van der Waals surface area contributed by atoms with E-state index in [9.17, 15) is 18.0 Å². The van der Waals surface area contributed by atoms with Crippen LogP contribution < -0.4 is 16.0 Å². The lowest BCUT2D eigenvalue weighted by Gasteiger charge is -2.17. The van der Waals surface area contributed by atoms with Gasteiger partial charge in [0.2, 0.25) is 0 Å². The maximum atomic E-state index is 12.2. The minimum Gasteiger partial charge on any atom is -0.397 e. The average molecular weight is 309 g/mol. The second kappa shape index (κ2) is 6.83. The monoisotopic (exact) mass is 309 g/mol. The molecule has 0 saturated heterocycles. The minimum atomic E-state index is -4.20. The number of nitrogens with one attached hydrogen (secondary N) is 1. The summed E-state index contributed by atoms with van der Waals surface area (Å²) in [6.45, 7) is 2.29. The fourth-order valence-electron chi connectivity index (χ4n) is 1.48. The first kappa shape index (κ1) is 16.6. The number of nitrogens with two attached hydrogens (primary N) is 1. The van der Waals surface area contributed by atoms with Gasteiger partial charge in [-0.1, -0.05) is 6.92 Å². The number of carbonyl (C=O) groups is 1. The highest BCUT2D eigenvalue weighted by Crippen LogP contribution is 2.32. The van der Waals surface area contributed by atoms with Gasteiger partial charge in [0.25, 0.3) is 5.91 Å². The SMILES string of the molecule is CCCNC(=O)c1sc(N(C)CCC(F)(F)F)cc1N. The summed E-state index contributed by atoms with van der Waals surface area (Å²) in [5.41, 5.74) is 6.02. The molecule has 0 bridgehead atoms. The molecule has 4 nitrogen and oxygen atoms in total. The Bertz CT molecular complexity index is 459. The molecule has 20 heavy (non-hydrogen) atoms. The van der Waals surface area contributed by atoms with Crippen LogP contribution in [0.25, 0.3) is 0 Å². The van der Waals surface area contributed by atoms with Crippen molar-refractivity contribution in [2.24, 2.45) is 0 Å². The molecule has 1 amide bonds. The molecule has 0 aromatic carbocycles. The van der Waals surface area contributed by atoms with Crippen LogP contribution in [0.4, 0.5) is 23.9 Å². The van der Waals surface area contributed by atoms with Crippen LogP contribution in [-0.4, -0.2) is 32.2 Å². The largest absolute Gasteiger partial charge is 0.397 e. The Morgan fingerprint density at radius 3 is 2.70 bits per heavy atom. The highest BCUT2D eigenvalue weighted by molar-refractivity contribution is 7.18. The van der Waals surface area contributed by atoms with Gasteiger partial charge in [-0.3, -0.25) is 4.79 Å². The second-order valence-electron chi connectivity index (χ2n) is 4.41. The van der Waals surface area contributed by atoms with Gasteiger partial charge < -0.3 is 16.0 Å². The summed E-state index contributed by atoms with van der Waals surface area (Å²) < 4.78 is 36.5. The number of hydrogen-bond donors (Lipinski definition) is 2. The van der Waals surface area contributed by atoms with Crippen molar-refractivity contribution in [3.05, 3.63) is 10.9 Å². The average Bonchev–Trinajstić information content (AvgIpc) is 2.74. The fraction of sp³-hybridized carbons (Fsp3) is 0.583. The van der Waals surface area contributed by atoms with Gasteiger partial charge in [0, 0.05) is 20.1 Å². The lowest BCUT2D eigenvalue weighted by molar-refractivity contribution is -0.132. The van der Waals surface area contributed by atoms with Gasteiger partial charge >= 0.3 is 6.18 Å². The molecule has 0 spiro atoms. The number of nitrogens with zero attached hydrogens (tertiary/aromatic N) is 1. The molecule has 1 rings (SSSR count). The van der Waals surface area contributed by atoms with Gasteiger partial charge in [-0.25, -0.2) is 0 Å². The number of halogens is 3. The molecule has 0 radical (unpaired) electrons. The Balaban J connectivity index is 2.71. The number of amides is 1. The maximum Gasteiger partial charge on any atom is 0.390 e. The van der Waals surface area contributed by atoms with Crippen LogP contribution >= 0.6 is 11.3 Å². The molecule has 0 aliphatic carbocycles. The summed E-state index contributed by atoms with van der Waals surface area (Å²) in [6.07, 6.45) is -4.30. The van der Waals surface area contributed by atoms with Crippen molar-refractivity contribution in [1.82, 2.24) is 5.32 Å². The van der Waals surface area contributed by atoms with Crippen LogP contribution in [0.1, 0.15) is 29.4 Å². The Morgan fingerprint density at radius 1 is 1.50 bits per heavy atom. The first-order valence-electron chi connectivity index (χ1n) is 6.20. The van der Waals surface area contributed by atoms with Crippen molar-refractivity contribution >= 4 is 27.9 Å². The first-order valence-corrected chi connectivity index (χ1v) is 7.01. The van der Waals surface area contributed by atoms with Gasteiger partial charge in [-0.2, -0.15) is 13.2 Å². The van der Waals surface area contributed by atoms with E-state index in [1.165, 1.54) is 11.0 Å². The summed E-state index contributed by atoms with van der Waals surface area (Å²) in [6, 6.07) is 1.53. The topological polar surface area (TPSA) is 58.4 Å². The van der Waals surface area contributed by atoms with Crippen molar-refractivity contribution in [3.8, 4) is 0 Å². The zero-order valence-corrected chi connectivity index (χ0v) is 12.2. The Kier molecular flexibility index (Phi) is 5.67. The van der Waals surface area contributed by atoms with Crippen LogP contribution in [-0.2, 0) is 0 Å². The molecular formula is C12H18F3N3OS. The first-order chi connectivity index (χ1) is 9.24. The van der Waals surface area contributed by atoms with Crippen molar-refractivity contribution in [2.75, 3.05) is 30.8 Å². The number of rotatable bonds is 6. The van der Waals surface area contributed by atoms with Gasteiger partial charge in [-0.05, 0) is 12.5 Å². The summed E-state index contributed by atoms with van der Waals surface area (Å²) in [5.74, 6) is -0.287. The molecule has 1 aromatic rings. The molecule has 0 unspecified atom stereocenters. The van der Waals surface area contributed by atoms with E-state index in [2.05, 4.69) is 5.32 Å². The quantitative estimate of drug-likeness (QED) is 0.849. The van der Waals surface area contributed by atoms with Crippen molar-refractivity contribution in [1.29, 1.82) is 0 Å². The molecule has 114 valence electrons. The maximum absolute atomic E-state index is 12.2. The van der Waals surface area contributed by atoms with Gasteiger partial charge in [0.1, 0.15) is 4.88 Å². The zero-order chi connectivity index (χ0) is 15.3. The van der Waals surface area contributed by atoms with Gasteiger partial charge in [0.15, 0.2) is 0 Å². The van der Waals surface area contributed by atoms with E-state index >= 15 is 0 Å². The smallest absolute Gasteiger partial charge is 0.390 e. The number of hydrogen-bond acceptors (Lipinski definition) is 4. The van der Waals surface area contributed by atoms with Gasteiger partial charge in [0.05, 0.1) is 17.1 Å². The fourth-order valence-corrected chi connectivity index (χ4v) is 2.46. The summed E-state index contributed by atoms with van der Waals surface area (Å²) in [4.78, 5) is 13.6. The highest BCUT2D eigenvalue weighted by atomic mass is 32.1. The Labute approximate surface area is 119 Å². The minimum absolute atomic E-state index is 0.167. The molecule has 0 aliphatic heterocycles. The van der Waals surface area contributed by atoms with Crippen LogP contribution in [0.15, 0.2) is 6.07 Å². The molecular weight excluding hydrogens is 291 g/mol. The summed E-state index contributed by atoms with van der Waals surface area (Å²) in [5, 5.41) is 3.24. The predicted octanol–water partition coefficient (Wildman–Crippen LogP) is 2.86. The van der Waals surface area contributed by atoms with Crippen LogP contribution in [0.2, 0.25) is 0 Å². The molecule has 8 heteroatoms. The highest BCUT2D eigenvalue weighted by Gasteiger charge is 2.27. The number of anilines is 2. The normalized spacial score (nSPS) is 11.4. The number of thiophene rings is 1. The molecule has 3 N–H and O–H groups in total. The lowest BCUT2D eigenvalue weighted by atomic mass is 10.3. The second-order valence-corrected chi connectivity index (χ2v) is 5.44. The zero-order valence-electron chi connectivity index (χ0n) is 11.4. The van der Waals surface area contributed by atoms with E-state index in [1.807, 2.05) is 6.92 Å². The summed E-state index contributed by atoms with van der Waals surface area (Å²) >= 11 is 1.10. The number of alkyl halides is 3. The van der Waals surface area contributed by atoms with E-state index in [0.717, 1.165) is 17.8 Å². The van der Waals surface area contributed by atoms with E-state index in [1.54, 1.807) is 7.05 Å². The van der Waals surface area contributed by atoms with Crippen LogP contribution in [0.5, 0.6) is 0 Å².